The Bertz CT molecular complexity index is 437. The number of nitrogens with one attached hydrogen (secondary N) is 1. The number of hydrogen-bond donors (Lipinski definition) is 1. The minimum Gasteiger partial charge on any atom is -0.492 e. The minimum atomic E-state index is 0. The lowest BCUT2D eigenvalue weighted by atomic mass is 9.87. The Hall–Kier alpha value is -0.440. The number of hydrogen-bond acceptors (Lipinski definition) is 2. The number of piperidine rings is 1. The van der Waals surface area contributed by atoms with Gasteiger partial charge in [-0.25, -0.2) is 0 Å². The molecule has 1 fully saturated rings. The molecule has 0 amide bonds. The highest BCUT2D eigenvalue weighted by Crippen LogP contribution is 2.31. The standard InChI is InChI=1S/C17H26ClNO.ClH/c1-17(2,3)14-6-7-16(15(18)11-14)20-10-8-13-5-4-9-19-12-13;/h6-7,11,13,19H,4-5,8-10,12H2,1-3H3;1H. The van der Waals surface area contributed by atoms with E-state index in [1.165, 1.54) is 18.4 Å². The molecule has 21 heavy (non-hydrogen) atoms. The summed E-state index contributed by atoms with van der Waals surface area (Å²) in [6.07, 6.45) is 3.70. The van der Waals surface area contributed by atoms with Crippen LogP contribution >= 0.6 is 24.0 Å². The predicted octanol–water partition coefficient (Wildman–Crippen LogP) is 4.83. The van der Waals surface area contributed by atoms with E-state index >= 15 is 0 Å². The average Bonchev–Trinajstić information content (AvgIpc) is 2.40. The zero-order chi connectivity index (χ0) is 14.6. The molecule has 1 aromatic carbocycles. The van der Waals surface area contributed by atoms with Gasteiger partial charge in [0.2, 0.25) is 0 Å². The lowest BCUT2D eigenvalue weighted by molar-refractivity contribution is 0.254. The van der Waals surface area contributed by atoms with Crippen molar-refractivity contribution in [1.29, 1.82) is 0 Å². The second kappa shape index (κ2) is 8.26. The number of rotatable bonds is 4. The molecule has 0 spiro atoms. The molecule has 2 rings (SSSR count). The highest BCUT2D eigenvalue weighted by Gasteiger charge is 2.16. The van der Waals surface area contributed by atoms with Crippen LogP contribution in [0, 0.1) is 5.92 Å². The van der Waals surface area contributed by atoms with Crippen LogP contribution in [0.25, 0.3) is 0 Å². The Labute approximate surface area is 140 Å². The Morgan fingerprint density at radius 3 is 2.67 bits per heavy atom. The summed E-state index contributed by atoms with van der Waals surface area (Å²) in [7, 11) is 0. The molecule has 0 aliphatic carbocycles. The van der Waals surface area contributed by atoms with Gasteiger partial charge in [0.25, 0.3) is 0 Å². The fourth-order valence-electron chi connectivity index (χ4n) is 2.59. The molecule has 1 saturated heterocycles. The van der Waals surface area contributed by atoms with E-state index < -0.39 is 0 Å². The molecule has 1 aromatic rings. The maximum atomic E-state index is 6.32. The molecule has 1 aliphatic rings. The first-order chi connectivity index (χ1) is 9.47. The van der Waals surface area contributed by atoms with Gasteiger partial charge in [0.05, 0.1) is 11.6 Å². The van der Waals surface area contributed by atoms with E-state index in [0.29, 0.717) is 0 Å². The molecule has 2 nitrogen and oxygen atoms in total. The first-order valence-corrected chi connectivity index (χ1v) is 7.98. The normalized spacial score (nSPS) is 19.0. The molecule has 0 bridgehead atoms. The molecule has 0 aromatic heterocycles. The van der Waals surface area contributed by atoms with Crippen molar-refractivity contribution < 1.29 is 4.74 Å². The maximum Gasteiger partial charge on any atom is 0.137 e. The first kappa shape index (κ1) is 18.6. The van der Waals surface area contributed by atoms with Crippen LogP contribution in [-0.4, -0.2) is 19.7 Å². The van der Waals surface area contributed by atoms with E-state index in [9.17, 15) is 0 Å². The molecular weight excluding hydrogens is 305 g/mol. The van der Waals surface area contributed by atoms with Crippen molar-refractivity contribution in [2.24, 2.45) is 5.92 Å². The van der Waals surface area contributed by atoms with Crippen LogP contribution in [0.15, 0.2) is 18.2 Å². The van der Waals surface area contributed by atoms with Gasteiger partial charge in [0.1, 0.15) is 5.75 Å². The van der Waals surface area contributed by atoms with Crippen molar-refractivity contribution in [3.63, 3.8) is 0 Å². The highest BCUT2D eigenvalue weighted by atomic mass is 35.5. The van der Waals surface area contributed by atoms with Crippen LogP contribution in [-0.2, 0) is 5.41 Å². The van der Waals surface area contributed by atoms with Gasteiger partial charge in [-0.1, -0.05) is 38.4 Å². The molecule has 1 atom stereocenters. The van der Waals surface area contributed by atoms with Crippen molar-refractivity contribution in [3.8, 4) is 5.75 Å². The SMILES string of the molecule is CC(C)(C)c1ccc(OCCC2CCCNC2)c(Cl)c1.Cl. The summed E-state index contributed by atoms with van der Waals surface area (Å²) in [5.41, 5.74) is 1.36. The molecule has 120 valence electrons. The van der Waals surface area contributed by atoms with Gasteiger partial charge in [-0.05, 0) is 61.4 Å². The smallest absolute Gasteiger partial charge is 0.137 e. The van der Waals surface area contributed by atoms with Crippen molar-refractivity contribution in [1.82, 2.24) is 5.32 Å². The lowest BCUT2D eigenvalue weighted by Crippen LogP contribution is -2.30. The van der Waals surface area contributed by atoms with Crippen molar-refractivity contribution >= 4 is 24.0 Å². The zero-order valence-electron chi connectivity index (χ0n) is 13.2. The molecule has 1 unspecified atom stereocenters. The summed E-state index contributed by atoms with van der Waals surface area (Å²) in [4.78, 5) is 0. The Morgan fingerprint density at radius 2 is 2.10 bits per heavy atom. The maximum absolute atomic E-state index is 6.32. The van der Waals surface area contributed by atoms with Crippen LogP contribution < -0.4 is 10.1 Å². The van der Waals surface area contributed by atoms with E-state index in [0.717, 1.165) is 42.8 Å². The summed E-state index contributed by atoms with van der Waals surface area (Å²) < 4.78 is 5.85. The molecule has 0 radical (unpaired) electrons. The fraction of sp³-hybridized carbons (Fsp3) is 0.647. The van der Waals surface area contributed by atoms with Gasteiger partial charge in [0, 0.05) is 0 Å². The first-order valence-electron chi connectivity index (χ1n) is 7.60. The quantitative estimate of drug-likeness (QED) is 0.853. The van der Waals surface area contributed by atoms with Crippen LogP contribution in [0.1, 0.15) is 45.6 Å². The van der Waals surface area contributed by atoms with E-state index in [2.05, 4.69) is 32.2 Å². The van der Waals surface area contributed by atoms with Gasteiger partial charge in [0.15, 0.2) is 0 Å². The summed E-state index contributed by atoms with van der Waals surface area (Å²) >= 11 is 6.32. The van der Waals surface area contributed by atoms with Gasteiger partial charge >= 0.3 is 0 Å². The summed E-state index contributed by atoms with van der Waals surface area (Å²) in [6.45, 7) is 9.61. The third kappa shape index (κ3) is 5.69. The third-order valence-corrected chi connectivity index (χ3v) is 4.28. The summed E-state index contributed by atoms with van der Waals surface area (Å²) in [5.74, 6) is 1.56. The van der Waals surface area contributed by atoms with E-state index in [1.54, 1.807) is 0 Å². The second-order valence-electron chi connectivity index (χ2n) is 6.74. The molecule has 1 N–H and O–H groups in total. The molecule has 0 saturated carbocycles. The number of benzene rings is 1. The van der Waals surface area contributed by atoms with Crippen LogP contribution in [0.5, 0.6) is 5.75 Å². The molecule has 4 heteroatoms. The van der Waals surface area contributed by atoms with Gasteiger partial charge in [-0.3, -0.25) is 0 Å². The molecule has 1 heterocycles. The molecule has 1 aliphatic heterocycles. The Kier molecular flexibility index (Phi) is 7.32. The molecular formula is C17H27Cl2NO. The van der Waals surface area contributed by atoms with Crippen molar-refractivity contribution in [3.05, 3.63) is 28.8 Å². The third-order valence-electron chi connectivity index (χ3n) is 3.98. The van der Waals surface area contributed by atoms with Crippen molar-refractivity contribution in [2.45, 2.75) is 45.4 Å². The summed E-state index contributed by atoms with van der Waals surface area (Å²) in [6, 6.07) is 6.14. The van der Waals surface area contributed by atoms with Gasteiger partial charge in [-0.2, -0.15) is 0 Å². The van der Waals surface area contributed by atoms with E-state index in [1.807, 2.05) is 12.1 Å². The number of ether oxygens (including phenoxy) is 1. The minimum absolute atomic E-state index is 0. The summed E-state index contributed by atoms with van der Waals surface area (Å²) in [5, 5.41) is 4.16. The van der Waals surface area contributed by atoms with Gasteiger partial charge < -0.3 is 10.1 Å². The number of halogens is 2. The predicted molar refractivity (Wildman–Crippen MR) is 93.1 cm³/mol. The fourth-order valence-corrected chi connectivity index (χ4v) is 2.83. The Morgan fingerprint density at radius 1 is 1.33 bits per heavy atom. The van der Waals surface area contributed by atoms with Crippen molar-refractivity contribution in [2.75, 3.05) is 19.7 Å². The lowest BCUT2D eigenvalue weighted by Gasteiger charge is -2.23. The largest absolute Gasteiger partial charge is 0.492 e. The monoisotopic (exact) mass is 331 g/mol. The highest BCUT2D eigenvalue weighted by molar-refractivity contribution is 6.32. The van der Waals surface area contributed by atoms with E-state index in [-0.39, 0.29) is 17.8 Å². The van der Waals surface area contributed by atoms with Crippen LogP contribution in [0.2, 0.25) is 5.02 Å². The second-order valence-corrected chi connectivity index (χ2v) is 7.15. The van der Waals surface area contributed by atoms with Gasteiger partial charge in [-0.15, -0.1) is 12.4 Å². The van der Waals surface area contributed by atoms with Crippen LogP contribution in [0.4, 0.5) is 0 Å². The van der Waals surface area contributed by atoms with E-state index in [4.69, 9.17) is 16.3 Å². The Balaban J connectivity index is 0.00000220. The van der Waals surface area contributed by atoms with Crippen LogP contribution in [0.3, 0.4) is 0 Å². The topological polar surface area (TPSA) is 21.3 Å². The average molecular weight is 332 g/mol. The zero-order valence-corrected chi connectivity index (χ0v) is 14.8.